The number of hydrogen-bond donors (Lipinski definition) is 0. The Balaban J connectivity index is 0.000000309. The first-order valence-corrected chi connectivity index (χ1v) is 7.29. The Kier molecular flexibility index (Phi) is 5.82. The molecule has 0 radical (unpaired) electrons. The molecule has 0 fully saturated rings. The van der Waals surface area contributed by atoms with Crippen molar-refractivity contribution in [1.82, 2.24) is 4.90 Å². The molecule has 0 amide bonds. The maximum absolute atomic E-state index is 9.75. The van der Waals surface area contributed by atoms with Crippen LogP contribution in [-0.4, -0.2) is 55.4 Å². The number of benzene rings is 1. The van der Waals surface area contributed by atoms with Crippen LogP contribution in [0, 0.1) is 0 Å². The van der Waals surface area contributed by atoms with E-state index < -0.39 is 7.25 Å². The van der Waals surface area contributed by atoms with Gasteiger partial charge in [0.2, 0.25) is 0 Å². The van der Waals surface area contributed by atoms with Crippen LogP contribution in [0.2, 0.25) is 0 Å². The van der Waals surface area contributed by atoms with Crippen molar-refractivity contribution in [2.45, 2.75) is 13.0 Å². The number of ether oxygens (including phenoxy) is 1. The average Bonchev–Trinajstić information content (AvgIpc) is 2.81. The molecule has 0 unspecified atom stereocenters. The minimum absolute atomic E-state index is 0.883. The minimum Gasteiger partial charge on any atom is -0.441 e. The first-order chi connectivity index (χ1) is 10.4. The Morgan fingerprint density at radius 2 is 1.73 bits per heavy atom. The zero-order chi connectivity index (χ0) is 16.0. The third-order valence-electron chi connectivity index (χ3n) is 3.56. The Morgan fingerprint density at radius 1 is 1.05 bits per heavy atom. The second-order valence-corrected chi connectivity index (χ2v) is 5.24. The molecule has 22 heavy (non-hydrogen) atoms. The van der Waals surface area contributed by atoms with Crippen LogP contribution in [0.1, 0.15) is 12.0 Å². The number of rotatable bonds is 2. The normalized spacial score (nSPS) is 18.9. The van der Waals surface area contributed by atoms with Gasteiger partial charge in [-0.3, -0.25) is 4.90 Å². The van der Waals surface area contributed by atoms with Crippen molar-refractivity contribution >= 4 is 13.2 Å². The minimum atomic E-state index is -6.00. The van der Waals surface area contributed by atoms with Crippen LogP contribution in [0.5, 0.6) is 0 Å². The van der Waals surface area contributed by atoms with E-state index in [0.29, 0.717) is 0 Å². The lowest BCUT2D eigenvalue weighted by Crippen LogP contribution is -2.28. The first-order valence-electron chi connectivity index (χ1n) is 7.29. The highest BCUT2D eigenvalue weighted by Crippen LogP contribution is 2.10. The van der Waals surface area contributed by atoms with E-state index >= 15 is 0 Å². The van der Waals surface area contributed by atoms with Crippen molar-refractivity contribution in [3.8, 4) is 0 Å². The third kappa shape index (κ3) is 6.05. The summed E-state index contributed by atoms with van der Waals surface area (Å²) in [5.74, 6) is 1.21. The van der Waals surface area contributed by atoms with Gasteiger partial charge in [-0.2, -0.15) is 4.58 Å². The van der Waals surface area contributed by atoms with Gasteiger partial charge in [0.25, 0.3) is 0 Å². The highest BCUT2D eigenvalue weighted by atomic mass is 19.5. The molecule has 0 spiro atoms. The summed E-state index contributed by atoms with van der Waals surface area (Å²) in [4.78, 5) is 2.52. The third-order valence-corrected chi connectivity index (χ3v) is 3.56. The fraction of sp³-hybridized carbons (Fsp3) is 0.500. The van der Waals surface area contributed by atoms with E-state index in [-0.39, 0.29) is 0 Å². The lowest BCUT2D eigenvalue weighted by molar-refractivity contribution is -0.517. The molecule has 0 saturated carbocycles. The maximum Gasteiger partial charge on any atom is 0.673 e. The van der Waals surface area contributed by atoms with Crippen LogP contribution in [0.3, 0.4) is 0 Å². The second-order valence-electron chi connectivity index (χ2n) is 5.24. The van der Waals surface area contributed by atoms with Crippen molar-refractivity contribution in [2.24, 2.45) is 0 Å². The van der Waals surface area contributed by atoms with Crippen LogP contribution in [0.4, 0.5) is 17.3 Å². The predicted octanol–water partition coefficient (Wildman–Crippen LogP) is 2.63. The monoisotopic (exact) mass is 318 g/mol. The van der Waals surface area contributed by atoms with Gasteiger partial charge < -0.3 is 22.0 Å². The van der Waals surface area contributed by atoms with Gasteiger partial charge >= 0.3 is 13.2 Å². The largest absolute Gasteiger partial charge is 0.673 e. The molecule has 0 N–H and O–H groups in total. The Morgan fingerprint density at radius 3 is 2.41 bits per heavy atom. The van der Waals surface area contributed by atoms with E-state index in [1.54, 1.807) is 0 Å². The molecule has 1 aromatic rings. The lowest BCUT2D eigenvalue weighted by Gasteiger charge is -2.18. The molecule has 0 bridgehead atoms. The average molecular weight is 318 g/mol. The zero-order valence-corrected chi connectivity index (χ0v) is 12.2. The number of hydrogen-bond acceptors (Lipinski definition) is 2. The summed E-state index contributed by atoms with van der Waals surface area (Å²) in [5.41, 5.74) is 1.40. The zero-order valence-electron chi connectivity index (χ0n) is 12.2. The number of halogens is 4. The van der Waals surface area contributed by atoms with E-state index in [4.69, 9.17) is 4.74 Å². The van der Waals surface area contributed by atoms with E-state index in [1.165, 1.54) is 11.5 Å². The summed E-state index contributed by atoms with van der Waals surface area (Å²) in [7, 11) is -6.00. The molecular formula is C14H19BF4N2O. The van der Waals surface area contributed by atoms with Gasteiger partial charge in [-0.15, -0.1) is 0 Å². The Labute approximate surface area is 127 Å². The molecule has 2 aliphatic rings. The van der Waals surface area contributed by atoms with Crippen molar-refractivity contribution in [2.75, 3.05) is 32.8 Å². The Bertz CT molecular complexity index is 483. The van der Waals surface area contributed by atoms with E-state index in [1.807, 2.05) is 0 Å². The lowest BCUT2D eigenvalue weighted by atomic mass is 10.2. The molecule has 0 aromatic heterocycles. The fourth-order valence-corrected chi connectivity index (χ4v) is 2.58. The molecular weight excluding hydrogens is 299 g/mol. The molecule has 8 heteroatoms. The Hall–Kier alpha value is -1.57. The van der Waals surface area contributed by atoms with Gasteiger partial charge in [0.1, 0.15) is 0 Å². The molecule has 0 aliphatic carbocycles. The van der Waals surface area contributed by atoms with Crippen LogP contribution >= 0.6 is 0 Å². The topological polar surface area (TPSA) is 15.5 Å². The predicted molar refractivity (Wildman–Crippen MR) is 77.5 cm³/mol. The van der Waals surface area contributed by atoms with Gasteiger partial charge in [-0.05, 0) is 5.56 Å². The first kappa shape index (κ1) is 16.8. The standard InChI is InChI=1S/C14H19N2O.BF4/c1-2-4-13(5-3-1)12-15-7-6-14-16(9-8-15)10-11-17-14;2-1(3,4)5/h1-5H,6-12H2;/q+1;-1. The maximum atomic E-state index is 9.75. The van der Waals surface area contributed by atoms with E-state index in [0.717, 1.165) is 45.8 Å². The van der Waals surface area contributed by atoms with Gasteiger partial charge in [0, 0.05) is 13.1 Å². The van der Waals surface area contributed by atoms with Gasteiger partial charge in [0.15, 0.2) is 19.7 Å². The highest BCUT2D eigenvalue weighted by Gasteiger charge is 2.27. The molecule has 3 nitrogen and oxygen atoms in total. The van der Waals surface area contributed by atoms with Crippen molar-refractivity contribution < 1.29 is 26.6 Å². The summed E-state index contributed by atoms with van der Waals surface area (Å²) in [6.07, 6.45) is 1.06. The highest BCUT2D eigenvalue weighted by molar-refractivity contribution is 6.50. The summed E-state index contributed by atoms with van der Waals surface area (Å²) in [6.45, 7) is 6.38. The SMILES string of the molecule is F[B-](F)(F)F.c1ccc(CN2CCC3=[N+](CCO3)CC2)cc1. The second kappa shape index (κ2) is 7.62. The smallest absolute Gasteiger partial charge is 0.441 e. The van der Waals surface area contributed by atoms with Gasteiger partial charge in [-0.25, -0.2) is 0 Å². The summed E-state index contributed by atoms with van der Waals surface area (Å²) in [6, 6.07) is 10.7. The molecule has 3 rings (SSSR count). The fourth-order valence-electron chi connectivity index (χ4n) is 2.58. The van der Waals surface area contributed by atoms with Gasteiger partial charge in [-0.1, -0.05) is 30.3 Å². The van der Waals surface area contributed by atoms with Crippen molar-refractivity contribution in [3.63, 3.8) is 0 Å². The van der Waals surface area contributed by atoms with Crippen LogP contribution in [-0.2, 0) is 11.3 Å². The van der Waals surface area contributed by atoms with E-state index in [9.17, 15) is 17.3 Å². The summed E-state index contributed by atoms with van der Waals surface area (Å²) >= 11 is 0. The molecule has 1 aromatic carbocycles. The molecule has 122 valence electrons. The summed E-state index contributed by atoms with van der Waals surface area (Å²) < 4.78 is 47.0. The molecule has 0 saturated heterocycles. The quantitative estimate of drug-likeness (QED) is 0.473. The van der Waals surface area contributed by atoms with Crippen LogP contribution in [0.15, 0.2) is 30.3 Å². The number of nitrogens with zero attached hydrogens (tertiary/aromatic N) is 2. The molecule has 2 aliphatic heterocycles. The molecule has 0 atom stereocenters. The van der Waals surface area contributed by atoms with Crippen molar-refractivity contribution in [1.29, 1.82) is 0 Å². The van der Waals surface area contributed by atoms with E-state index in [2.05, 4.69) is 39.8 Å². The molecule has 2 heterocycles. The summed E-state index contributed by atoms with van der Waals surface area (Å²) in [5, 5.41) is 0. The van der Waals surface area contributed by atoms with Crippen LogP contribution in [0.25, 0.3) is 0 Å². The van der Waals surface area contributed by atoms with Crippen molar-refractivity contribution in [3.05, 3.63) is 35.9 Å². The van der Waals surface area contributed by atoms with Crippen LogP contribution < -0.4 is 0 Å². The van der Waals surface area contributed by atoms with Gasteiger partial charge in [0.05, 0.1) is 13.0 Å².